The summed E-state index contributed by atoms with van der Waals surface area (Å²) in [6, 6.07) is 27.2. The molecule has 0 amide bonds. The molecule has 0 radical (unpaired) electrons. The molecule has 33 heavy (non-hydrogen) atoms. The number of halogens is 2. The number of benzene rings is 3. The summed E-state index contributed by atoms with van der Waals surface area (Å²) in [5, 5.41) is 0. The van der Waals surface area contributed by atoms with Crippen molar-refractivity contribution in [1.82, 2.24) is 0 Å². The third-order valence-corrected chi connectivity index (χ3v) is 4.56. The van der Waals surface area contributed by atoms with Crippen molar-refractivity contribution >= 4 is 5.69 Å². The average molecular weight is 550 g/mol. The minimum atomic E-state index is 0. The number of rotatable bonds is 0. The number of hydrogen-bond donors (Lipinski definition) is 0. The molecular formula is C29H25Cl2NZr-4. The molecule has 0 aromatic heterocycles. The topological polar surface area (TPSA) is 23.8 Å². The Morgan fingerprint density at radius 3 is 1.73 bits per heavy atom. The maximum Gasteiger partial charge on any atom is 2.00 e. The summed E-state index contributed by atoms with van der Waals surface area (Å²) in [6.07, 6.45) is 21.0. The molecule has 168 valence electrons. The molecule has 1 nitrogen and oxygen atoms in total. The van der Waals surface area contributed by atoms with E-state index in [2.05, 4.69) is 66.8 Å². The van der Waals surface area contributed by atoms with Crippen LogP contribution in [0.25, 0.3) is 16.9 Å². The maximum atomic E-state index is 7.00. The summed E-state index contributed by atoms with van der Waals surface area (Å²) in [5.41, 5.74) is 13.1. The zero-order chi connectivity index (χ0) is 20.9. The molecular weight excluding hydrogens is 524 g/mol. The molecule has 0 spiro atoms. The quantitative estimate of drug-likeness (QED) is 0.300. The van der Waals surface area contributed by atoms with Crippen LogP contribution in [0.4, 0.5) is 5.69 Å². The van der Waals surface area contributed by atoms with Gasteiger partial charge in [0.05, 0.1) is 0 Å². The number of allylic oxidation sites excluding steroid dienone is 8. The molecule has 0 saturated heterocycles. The van der Waals surface area contributed by atoms with Crippen LogP contribution in [0.3, 0.4) is 0 Å². The number of nitrogens with one attached hydrogen (secondary N) is 1. The van der Waals surface area contributed by atoms with Crippen LogP contribution in [-0.4, -0.2) is 0 Å². The molecule has 0 aliphatic heterocycles. The summed E-state index contributed by atoms with van der Waals surface area (Å²) in [6.45, 7) is 0. The molecule has 0 saturated carbocycles. The molecule has 3 aliphatic rings. The molecule has 3 aliphatic carbocycles. The standard InChI is InChI=1S/C13H9.C6H6N.2C5H5.2ClH.Zr/c1-3-7-12-10(5-1)9-11-6-2-4-8-13(11)12;7-6-4-2-1-3-5-6;2*1-2-4-5-3-1;;;/h1-5,7-8H,9H2;1-5,7H;2*1-3H,4H2;2*1H;/q4*-1;;;+2/p-2. The predicted molar refractivity (Wildman–Crippen MR) is 127 cm³/mol. The minimum Gasteiger partial charge on any atom is -1.00 e. The van der Waals surface area contributed by atoms with E-state index >= 15 is 0 Å². The molecule has 1 N–H and O–H groups in total. The summed E-state index contributed by atoms with van der Waals surface area (Å²) in [5.74, 6) is 0. The molecule has 3 aromatic carbocycles. The fourth-order valence-corrected chi connectivity index (χ4v) is 3.12. The van der Waals surface area contributed by atoms with Crippen molar-refractivity contribution in [2.24, 2.45) is 0 Å². The Bertz CT molecular complexity index is 955. The fourth-order valence-electron chi connectivity index (χ4n) is 3.12. The molecule has 0 unspecified atom stereocenters. The summed E-state index contributed by atoms with van der Waals surface area (Å²) >= 11 is 0. The predicted octanol–water partition coefficient (Wildman–Crippen LogP) is 2.05. The van der Waals surface area contributed by atoms with Crippen molar-refractivity contribution in [1.29, 1.82) is 0 Å². The molecule has 0 heterocycles. The van der Waals surface area contributed by atoms with E-state index in [1.807, 2.05) is 48.6 Å². The van der Waals surface area contributed by atoms with Gasteiger partial charge >= 0.3 is 26.2 Å². The first-order valence-corrected chi connectivity index (χ1v) is 10.1. The van der Waals surface area contributed by atoms with Gasteiger partial charge in [-0.25, -0.2) is 24.3 Å². The number of hydrogen-bond acceptors (Lipinski definition) is 0. The third kappa shape index (κ3) is 11.0. The van der Waals surface area contributed by atoms with Crippen LogP contribution in [0.1, 0.15) is 24.0 Å². The van der Waals surface area contributed by atoms with E-state index in [9.17, 15) is 0 Å². The van der Waals surface area contributed by atoms with Crippen LogP contribution in [-0.2, 0) is 32.6 Å². The van der Waals surface area contributed by atoms with Gasteiger partial charge in [-0.05, 0) is 6.42 Å². The van der Waals surface area contributed by atoms with E-state index in [1.54, 1.807) is 12.1 Å². The normalized spacial score (nSPS) is 12.0. The average Bonchev–Trinajstić information content (AvgIpc) is 3.59. The Morgan fingerprint density at radius 1 is 0.667 bits per heavy atom. The second-order valence-electron chi connectivity index (χ2n) is 6.77. The van der Waals surface area contributed by atoms with Crippen LogP contribution in [0.2, 0.25) is 0 Å². The monoisotopic (exact) mass is 547 g/mol. The Balaban J connectivity index is 0.000000440. The molecule has 6 rings (SSSR count). The third-order valence-electron chi connectivity index (χ3n) is 4.56. The zero-order valence-corrected chi connectivity index (χ0v) is 22.2. The van der Waals surface area contributed by atoms with Crippen molar-refractivity contribution in [3.8, 4) is 11.1 Å². The smallest absolute Gasteiger partial charge is 1.00 e. The van der Waals surface area contributed by atoms with Gasteiger partial charge in [-0.2, -0.15) is 42.0 Å². The van der Waals surface area contributed by atoms with E-state index in [0.29, 0.717) is 5.69 Å². The minimum absolute atomic E-state index is 0. The van der Waals surface area contributed by atoms with E-state index in [4.69, 9.17) is 5.73 Å². The second kappa shape index (κ2) is 18.3. The zero-order valence-electron chi connectivity index (χ0n) is 18.3. The van der Waals surface area contributed by atoms with Crippen LogP contribution in [0.5, 0.6) is 0 Å². The van der Waals surface area contributed by atoms with E-state index < -0.39 is 0 Å². The molecule has 4 heteroatoms. The van der Waals surface area contributed by atoms with Gasteiger partial charge in [0.25, 0.3) is 0 Å². The van der Waals surface area contributed by atoms with Gasteiger partial charge < -0.3 is 30.5 Å². The Hall–Kier alpha value is -2.12. The first kappa shape index (κ1) is 30.9. The second-order valence-corrected chi connectivity index (χ2v) is 6.77. The van der Waals surface area contributed by atoms with E-state index in [0.717, 1.165) is 19.3 Å². The molecule has 0 bridgehead atoms. The first-order valence-electron chi connectivity index (χ1n) is 10.1. The van der Waals surface area contributed by atoms with Crippen LogP contribution in [0.15, 0.2) is 109 Å². The van der Waals surface area contributed by atoms with E-state index in [1.165, 1.54) is 22.3 Å². The van der Waals surface area contributed by atoms with Crippen molar-refractivity contribution < 1.29 is 51.0 Å². The van der Waals surface area contributed by atoms with Gasteiger partial charge in [0.2, 0.25) is 0 Å². The maximum absolute atomic E-state index is 7.00. The van der Waals surface area contributed by atoms with Crippen LogP contribution in [0, 0.1) is 18.2 Å². The van der Waals surface area contributed by atoms with Gasteiger partial charge in [0, 0.05) is 0 Å². The van der Waals surface area contributed by atoms with Crippen molar-refractivity contribution in [3.05, 3.63) is 144 Å². The first-order chi connectivity index (χ1) is 14.8. The van der Waals surface area contributed by atoms with E-state index in [-0.39, 0.29) is 51.0 Å². The molecule has 0 atom stereocenters. The number of fused-ring (bicyclic) bond motifs is 3. The Kier molecular flexibility index (Phi) is 17.2. The SMILES string of the molecule is [C-]1=CC=CC1.[C-]1=CC=CC1.[Cl-].[Cl-].[NH-]c1ccccc1.[Zr+2].[c-]1cccc2c1Cc1ccccc1-2. The van der Waals surface area contributed by atoms with Gasteiger partial charge in [-0.1, -0.05) is 65.7 Å². The summed E-state index contributed by atoms with van der Waals surface area (Å²) in [7, 11) is 0. The van der Waals surface area contributed by atoms with Crippen LogP contribution >= 0.6 is 0 Å². The van der Waals surface area contributed by atoms with Gasteiger partial charge in [-0.3, -0.25) is 12.2 Å². The van der Waals surface area contributed by atoms with Gasteiger partial charge in [-0.15, -0.1) is 24.1 Å². The van der Waals surface area contributed by atoms with Crippen molar-refractivity contribution in [2.45, 2.75) is 19.3 Å². The van der Waals surface area contributed by atoms with Crippen molar-refractivity contribution in [2.75, 3.05) is 0 Å². The summed E-state index contributed by atoms with van der Waals surface area (Å²) < 4.78 is 0. The molecule has 3 aromatic rings. The van der Waals surface area contributed by atoms with Gasteiger partial charge in [0.15, 0.2) is 0 Å². The summed E-state index contributed by atoms with van der Waals surface area (Å²) in [4.78, 5) is 0. The Labute approximate surface area is 230 Å². The van der Waals surface area contributed by atoms with Crippen molar-refractivity contribution in [3.63, 3.8) is 0 Å². The largest absolute Gasteiger partial charge is 2.00 e. The Morgan fingerprint density at radius 2 is 1.24 bits per heavy atom. The fraction of sp³-hybridized carbons (Fsp3) is 0.103. The van der Waals surface area contributed by atoms with Gasteiger partial charge in [0.1, 0.15) is 0 Å². The molecule has 0 fully saturated rings. The van der Waals surface area contributed by atoms with Crippen LogP contribution < -0.4 is 24.8 Å².